The fourth-order valence-corrected chi connectivity index (χ4v) is 1.78. The topological polar surface area (TPSA) is 4.93 Å². The van der Waals surface area contributed by atoms with Gasteiger partial charge in [-0.2, -0.15) is 0 Å². The lowest BCUT2D eigenvalue weighted by molar-refractivity contribution is 0.639. The zero-order chi connectivity index (χ0) is 9.59. The molecule has 0 amide bonds. The summed E-state index contributed by atoms with van der Waals surface area (Å²) in [7, 11) is 1.96. The van der Waals surface area contributed by atoms with Gasteiger partial charge in [0.25, 0.3) is 0 Å². The SMILES string of the molecule is Cc1c(C)n(C)c2cccc(F)c12. The Bertz CT molecular complexity index is 468. The molecule has 1 aromatic heterocycles. The molecule has 68 valence electrons. The number of hydrogen-bond acceptors (Lipinski definition) is 0. The molecule has 0 spiro atoms. The fourth-order valence-electron chi connectivity index (χ4n) is 1.78. The quantitative estimate of drug-likeness (QED) is 0.583. The summed E-state index contributed by atoms with van der Waals surface area (Å²) in [4.78, 5) is 0. The van der Waals surface area contributed by atoms with Crippen LogP contribution in [0, 0.1) is 19.7 Å². The van der Waals surface area contributed by atoms with Gasteiger partial charge in [0.1, 0.15) is 5.82 Å². The van der Waals surface area contributed by atoms with E-state index >= 15 is 0 Å². The molecule has 0 aliphatic carbocycles. The standard InChI is InChI=1S/C11H12FN/c1-7-8(2)13(3)10-6-4-5-9(12)11(7)10/h4-6H,1-3H3. The van der Waals surface area contributed by atoms with E-state index in [4.69, 9.17) is 0 Å². The highest BCUT2D eigenvalue weighted by Gasteiger charge is 2.10. The number of aromatic nitrogens is 1. The van der Waals surface area contributed by atoms with Gasteiger partial charge in [-0.3, -0.25) is 0 Å². The van der Waals surface area contributed by atoms with E-state index in [2.05, 4.69) is 0 Å². The van der Waals surface area contributed by atoms with Crippen LogP contribution in [0.1, 0.15) is 11.3 Å². The summed E-state index contributed by atoms with van der Waals surface area (Å²) < 4.78 is 15.4. The van der Waals surface area contributed by atoms with E-state index in [1.165, 1.54) is 6.07 Å². The lowest BCUT2D eigenvalue weighted by Crippen LogP contribution is -1.89. The van der Waals surface area contributed by atoms with Crippen LogP contribution in [-0.2, 0) is 7.05 Å². The van der Waals surface area contributed by atoms with Gasteiger partial charge in [-0.25, -0.2) is 4.39 Å². The Hall–Kier alpha value is -1.31. The van der Waals surface area contributed by atoms with Crippen LogP contribution in [0.25, 0.3) is 10.9 Å². The Morgan fingerprint density at radius 3 is 2.54 bits per heavy atom. The largest absolute Gasteiger partial charge is 0.348 e. The van der Waals surface area contributed by atoms with Crippen molar-refractivity contribution in [1.29, 1.82) is 0 Å². The summed E-state index contributed by atoms with van der Waals surface area (Å²) >= 11 is 0. The molecule has 0 bridgehead atoms. The van der Waals surface area contributed by atoms with E-state index in [1.807, 2.05) is 31.5 Å². The monoisotopic (exact) mass is 177 g/mol. The molecule has 0 aliphatic heterocycles. The van der Waals surface area contributed by atoms with Gasteiger partial charge in [0, 0.05) is 18.1 Å². The molecule has 0 saturated heterocycles. The molecule has 0 aliphatic rings. The maximum absolute atomic E-state index is 13.4. The molecule has 1 heterocycles. The Balaban J connectivity index is 3.03. The fraction of sp³-hybridized carbons (Fsp3) is 0.273. The van der Waals surface area contributed by atoms with Crippen molar-refractivity contribution in [3.05, 3.63) is 35.3 Å². The van der Waals surface area contributed by atoms with E-state index in [1.54, 1.807) is 6.07 Å². The maximum Gasteiger partial charge on any atom is 0.132 e. The lowest BCUT2D eigenvalue weighted by atomic mass is 10.1. The van der Waals surface area contributed by atoms with E-state index in [0.717, 1.165) is 22.2 Å². The molecule has 2 aromatic rings. The summed E-state index contributed by atoms with van der Waals surface area (Å²) in [5, 5.41) is 0.752. The van der Waals surface area contributed by atoms with E-state index < -0.39 is 0 Å². The average molecular weight is 177 g/mol. The molecular weight excluding hydrogens is 165 g/mol. The summed E-state index contributed by atoms with van der Waals surface area (Å²) in [6.07, 6.45) is 0. The zero-order valence-corrected chi connectivity index (χ0v) is 8.06. The van der Waals surface area contributed by atoms with Crippen molar-refractivity contribution in [2.45, 2.75) is 13.8 Å². The Kier molecular flexibility index (Phi) is 1.65. The summed E-state index contributed by atoms with van der Waals surface area (Å²) in [5.74, 6) is -0.126. The van der Waals surface area contributed by atoms with E-state index in [-0.39, 0.29) is 5.82 Å². The van der Waals surface area contributed by atoms with Crippen LogP contribution >= 0.6 is 0 Å². The van der Waals surface area contributed by atoms with Crippen molar-refractivity contribution in [1.82, 2.24) is 4.57 Å². The number of nitrogens with zero attached hydrogens (tertiary/aromatic N) is 1. The minimum absolute atomic E-state index is 0.126. The number of hydrogen-bond donors (Lipinski definition) is 0. The summed E-state index contributed by atoms with van der Waals surface area (Å²) in [6.45, 7) is 3.97. The van der Waals surface area contributed by atoms with Crippen LogP contribution < -0.4 is 0 Å². The third kappa shape index (κ3) is 0.981. The second-order valence-corrected chi connectivity index (χ2v) is 3.40. The van der Waals surface area contributed by atoms with Gasteiger partial charge in [-0.15, -0.1) is 0 Å². The normalized spacial score (nSPS) is 11.1. The zero-order valence-electron chi connectivity index (χ0n) is 8.06. The number of aryl methyl sites for hydroxylation is 2. The van der Waals surface area contributed by atoms with Gasteiger partial charge in [0.05, 0.1) is 5.52 Å². The Labute approximate surface area is 76.8 Å². The Morgan fingerprint density at radius 2 is 1.92 bits per heavy atom. The highest BCUT2D eigenvalue weighted by atomic mass is 19.1. The van der Waals surface area contributed by atoms with Crippen molar-refractivity contribution in [2.24, 2.45) is 7.05 Å². The smallest absolute Gasteiger partial charge is 0.132 e. The molecule has 0 saturated carbocycles. The molecule has 1 aromatic carbocycles. The van der Waals surface area contributed by atoms with Gasteiger partial charge in [0.2, 0.25) is 0 Å². The van der Waals surface area contributed by atoms with E-state index in [9.17, 15) is 4.39 Å². The van der Waals surface area contributed by atoms with Crippen LogP contribution in [0.15, 0.2) is 18.2 Å². The van der Waals surface area contributed by atoms with Crippen molar-refractivity contribution in [3.63, 3.8) is 0 Å². The molecule has 0 unspecified atom stereocenters. The summed E-state index contributed by atoms with van der Waals surface area (Å²) in [5.41, 5.74) is 3.13. The first-order valence-electron chi connectivity index (χ1n) is 4.33. The van der Waals surface area contributed by atoms with Crippen LogP contribution in [0.3, 0.4) is 0 Å². The highest BCUT2D eigenvalue weighted by molar-refractivity contribution is 5.85. The number of halogens is 1. The van der Waals surface area contributed by atoms with Crippen LogP contribution in [0.5, 0.6) is 0 Å². The first-order chi connectivity index (χ1) is 6.13. The molecular formula is C11H12FN. The molecule has 0 fully saturated rings. The van der Waals surface area contributed by atoms with Crippen LogP contribution in [0.4, 0.5) is 4.39 Å². The van der Waals surface area contributed by atoms with Gasteiger partial charge in [-0.05, 0) is 31.5 Å². The molecule has 2 rings (SSSR count). The summed E-state index contributed by atoms with van der Waals surface area (Å²) in [6, 6.07) is 5.20. The number of fused-ring (bicyclic) bond motifs is 1. The number of rotatable bonds is 0. The van der Waals surface area contributed by atoms with Crippen LogP contribution in [0.2, 0.25) is 0 Å². The molecule has 13 heavy (non-hydrogen) atoms. The average Bonchev–Trinajstić information content (AvgIpc) is 2.33. The first-order valence-corrected chi connectivity index (χ1v) is 4.33. The third-order valence-electron chi connectivity index (χ3n) is 2.77. The molecule has 0 N–H and O–H groups in total. The molecule has 2 heteroatoms. The Morgan fingerprint density at radius 1 is 1.23 bits per heavy atom. The minimum atomic E-state index is -0.126. The second-order valence-electron chi connectivity index (χ2n) is 3.40. The van der Waals surface area contributed by atoms with Crippen LogP contribution in [-0.4, -0.2) is 4.57 Å². The van der Waals surface area contributed by atoms with Gasteiger partial charge < -0.3 is 4.57 Å². The molecule has 0 atom stereocenters. The van der Waals surface area contributed by atoms with Gasteiger partial charge in [-0.1, -0.05) is 6.07 Å². The third-order valence-corrected chi connectivity index (χ3v) is 2.77. The predicted octanol–water partition coefficient (Wildman–Crippen LogP) is 2.93. The van der Waals surface area contributed by atoms with Crippen molar-refractivity contribution >= 4 is 10.9 Å². The van der Waals surface area contributed by atoms with Crippen molar-refractivity contribution < 1.29 is 4.39 Å². The number of benzene rings is 1. The van der Waals surface area contributed by atoms with Crippen molar-refractivity contribution in [3.8, 4) is 0 Å². The van der Waals surface area contributed by atoms with Gasteiger partial charge >= 0.3 is 0 Å². The first kappa shape index (κ1) is 8.30. The predicted molar refractivity (Wildman–Crippen MR) is 52.4 cm³/mol. The second kappa shape index (κ2) is 2.59. The molecule has 1 nitrogen and oxygen atoms in total. The minimum Gasteiger partial charge on any atom is -0.348 e. The lowest BCUT2D eigenvalue weighted by Gasteiger charge is -1.97. The van der Waals surface area contributed by atoms with Gasteiger partial charge in [0.15, 0.2) is 0 Å². The van der Waals surface area contributed by atoms with Crippen molar-refractivity contribution in [2.75, 3.05) is 0 Å². The maximum atomic E-state index is 13.4. The molecule has 0 radical (unpaired) electrons. The highest BCUT2D eigenvalue weighted by Crippen LogP contribution is 2.25. The van der Waals surface area contributed by atoms with E-state index in [0.29, 0.717) is 0 Å².